The number of carboxylic acids is 1. The summed E-state index contributed by atoms with van der Waals surface area (Å²) in [6.07, 6.45) is 0. The SMILES string of the molecule is COC(=O)Cn1c(=O)c(=O)[nH]c2ccc(C(=O)O)cc21. The van der Waals surface area contributed by atoms with Gasteiger partial charge in [-0.1, -0.05) is 0 Å². The molecule has 0 bridgehead atoms. The minimum Gasteiger partial charge on any atom is -0.478 e. The largest absolute Gasteiger partial charge is 0.478 e. The number of rotatable bonds is 3. The maximum Gasteiger partial charge on any atom is 0.335 e. The highest BCUT2D eigenvalue weighted by atomic mass is 16.5. The van der Waals surface area contributed by atoms with E-state index in [1.54, 1.807) is 0 Å². The normalized spacial score (nSPS) is 10.4. The Morgan fingerprint density at radius 2 is 2.05 bits per heavy atom. The monoisotopic (exact) mass is 278 g/mol. The zero-order chi connectivity index (χ0) is 14.9. The second-order valence-electron chi connectivity index (χ2n) is 3.96. The van der Waals surface area contributed by atoms with Crippen molar-refractivity contribution in [2.75, 3.05) is 7.11 Å². The molecule has 1 aromatic heterocycles. The van der Waals surface area contributed by atoms with E-state index in [0.29, 0.717) is 0 Å². The van der Waals surface area contributed by atoms with Gasteiger partial charge in [0.2, 0.25) is 0 Å². The minimum atomic E-state index is -1.19. The van der Waals surface area contributed by atoms with Gasteiger partial charge in [-0.05, 0) is 18.2 Å². The first kappa shape index (κ1) is 13.5. The average Bonchev–Trinajstić information content (AvgIpc) is 2.43. The van der Waals surface area contributed by atoms with Gasteiger partial charge >= 0.3 is 23.1 Å². The van der Waals surface area contributed by atoms with Crippen molar-refractivity contribution in [1.82, 2.24) is 9.55 Å². The van der Waals surface area contributed by atoms with Crippen LogP contribution in [0.4, 0.5) is 0 Å². The number of hydrogen-bond donors (Lipinski definition) is 2. The molecule has 0 fully saturated rings. The van der Waals surface area contributed by atoms with Crippen LogP contribution in [0.25, 0.3) is 11.0 Å². The highest BCUT2D eigenvalue weighted by molar-refractivity contribution is 5.92. The predicted octanol–water partition coefficient (Wildman–Crippen LogP) is -0.439. The number of nitrogens with one attached hydrogen (secondary N) is 1. The van der Waals surface area contributed by atoms with Gasteiger partial charge in [-0.2, -0.15) is 0 Å². The number of methoxy groups -OCH3 is 1. The summed E-state index contributed by atoms with van der Waals surface area (Å²) in [7, 11) is 1.14. The molecule has 8 heteroatoms. The molecule has 0 aliphatic heterocycles. The smallest absolute Gasteiger partial charge is 0.335 e. The van der Waals surface area contributed by atoms with Crippen molar-refractivity contribution < 1.29 is 19.4 Å². The predicted molar refractivity (Wildman–Crippen MR) is 67.8 cm³/mol. The van der Waals surface area contributed by atoms with Gasteiger partial charge in [0.15, 0.2) is 0 Å². The number of aromatic nitrogens is 2. The van der Waals surface area contributed by atoms with Gasteiger partial charge in [-0.3, -0.25) is 19.0 Å². The molecule has 2 N–H and O–H groups in total. The van der Waals surface area contributed by atoms with E-state index in [1.165, 1.54) is 18.2 Å². The number of aromatic amines is 1. The van der Waals surface area contributed by atoms with Gasteiger partial charge in [0.1, 0.15) is 6.54 Å². The summed E-state index contributed by atoms with van der Waals surface area (Å²) in [5, 5.41) is 8.94. The Balaban J connectivity index is 2.79. The minimum absolute atomic E-state index is 0.0671. The van der Waals surface area contributed by atoms with E-state index in [2.05, 4.69) is 9.72 Å². The van der Waals surface area contributed by atoms with Crippen LogP contribution in [0, 0.1) is 0 Å². The van der Waals surface area contributed by atoms with Crippen LogP contribution in [0.3, 0.4) is 0 Å². The summed E-state index contributed by atoms with van der Waals surface area (Å²) in [5.41, 5.74) is -1.53. The van der Waals surface area contributed by atoms with Crippen LogP contribution in [0.15, 0.2) is 27.8 Å². The molecule has 1 heterocycles. The fourth-order valence-electron chi connectivity index (χ4n) is 1.75. The summed E-state index contributed by atoms with van der Waals surface area (Å²) in [5.74, 6) is -1.91. The van der Waals surface area contributed by atoms with Gasteiger partial charge in [0, 0.05) is 0 Å². The first-order chi connectivity index (χ1) is 9.43. The van der Waals surface area contributed by atoms with Crippen molar-refractivity contribution in [2.24, 2.45) is 0 Å². The van der Waals surface area contributed by atoms with Gasteiger partial charge in [-0.15, -0.1) is 0 Å². The lowest BCUT2D eigenvalue weighted by molar-refractivity contribution is -0.141. The summed E-state index contributed by atoms with van der Waals surface area (Å²) < 4.78 is 5.33. The van der Waals surface area contributed by atoms with E-state index in [9.17, 15) is 19.2 Å². The van der Waals surface area contributed by atoms with E-state index >= 15 is 0 Å². The Bertz CT molecular complexity index is 817. The fraction of sp³-hybridized carbons (Fsp3) is 0.167. The van der Waals surface area contributed by atoms with Crippen molar-refractivity contribution in [3.63, 3.8) is 0 Å². The molecule has 0 saturated carbocycles. The van der Waals surface area contributed by atoms with Gasteiger partial charge in [0.05, 0.1) is 23.7 Å². The summed E-state index contributed by atoms with van der Waals surface area (Å²) in [6, 6.07) is 3.85. The molecule has 8 nitrogen and oxygen atoms in total. The maximum atomic E-state index is 11.8. The Labute approximate surface area is 111 Å². The molecular weight excluding hydrogens is 268 g/mol. The van der Waals surface area contributed by atoms with Crippen molar-refractivity contribution >= 4 is 23.0 Å². The first-order valence-corrected chi connectivity index (χ1v) is 5.51. The molecule has 20 heavy (non-hydrogen) atoms. The fourth-order valence-corrected chi connectivity index (χ4v) is 1.75. The number of aromatic carboxylic acids is 1. The number of hydrogen-bond acceptors (Lipinski definition) is 5. The van der Waals surface area contributed by atoms with Crippen molar-refractivity contribution in [2.45, 2.75) is 6.54 Å². The van der Waals surface area contributed by atoms with Crippen molar-refractivity contribution in [3.05, 3.63) is 44.5 Å². The lowest BCUT2D eigenvalue weighted by Crippen LogP contribution is -2.38. The quantitative estimate of drug-likeness (QED) is 0.580. The van der Waals surface area contributed by atoms with Gasteiger partial charge in [0.25, 0.3) is 0 Å². The highest BCUT2D eigenvalue weighted by Gasteiger charge is 2.13. The molecule has 0 unspecified atom stereocenters. The number of esters is 1. The number of carboxylic acid groups (broad SMARTS) is 1. The third kappa shape index (κ3) is 2.30. The molecule has 0 aliphatic carbocycles. The second kappa shape index (κ2) is 5.00. The summed E-state index contributed by atoms with van der Waals surface area (Å²) in [6.45, 7) is -0.473. The van der Waals surface area contributed by atoms with Crippen molar-refractivity contribution in [1.29, 1.82) is 0 Å². The number of benzene rings is 1. The molecule has 0 spiro atoms. The van der Waals surface area contributed by atoms with Gasteiger partial charge < -0.3 is 14.8 Å². The zero-order valence-corrected chi connectivity index (χ0v) is 10.4. The summed E-state index contributed by atoms with van der Waals surface area (Å²) in [4.78, 5) is 47.8. The van der Waals surface area contributed by atoms with E-state index in [4.69, 9.17) is 5.11 Å². The van der Waals surface area contributed by atoms with Gasteiger partial charge in [-0.25, -0.2) is 4.79 Å². The first-order valence-electron chi connectivity index (χ1n) is 5.51. The Morgan fingerprint density at radius 1 is 1.35 bits per heavy atom. The Hall–Kier alpha value is -2.90. The maximum absolute atomic E-state index is 11.8. The molecule has 104 valence electrons. The molecule has 0 saturated heterocycles. The molecule has 0 amide bonds. The molecule has 1 aromatic carbocycles. The lowest BCUT2D eigenvalue weighted by Gasteiger charge is -2.08. The second-order valence-corrected chi connectivity index (χ2v) is 3.96. The summed E-state index contributed by atoms with van der Waals surface area (Å²) >= 11 is 0. The highest BCUT2D eigenvalue weighted by Crippen LogP contribution is 2.11. The van der Waals surface area contributed by atoms with E-state index in [-0.39, 0.29) is 16.6 Å². The number of ether oxygens (including phenoxy) is 1. The molecule has 0 radical (unpaired) electrons. The van der Waals surface area contributed by atoms with Crippen molar-refractivity contribution in [3.8, 4) is 0 Å². The van der Waals surface area contributed by atoms with E-state index in [1.807, 2.05) is 0 Å². The third-order valence-electron chi connectivity index (χ3n) is 2.74. The van der Waals surface area contributed by atoms with Crippen LogP contribution in [0.1, 0.15) is 10.4 Å². The molecular formula is C12H10N2O6. The number of H-pyrrole nitrogens is 1. The Morgan fingerprint density at radius 3 is 2.65 bits per heavy atom. The van der Waals surface area contributed by atoms with Crippen LogP contribution in [0.2, 0.25) is 0 Å². The van der Waals surface area contributed by atoms with Crippen LogP contribution >= 0.6 is 0 Å². The topological polar surface area (TPSA) is 118 Å². The average molecular weight is 278 g/mol. The van der Waals surface area contributed by atoms with Crippen LogP contribution in [-0.2, 0) is 16.1 Å². The molecule has 2 aromatic rings. The number of carbonyl (C=O) groups is 2. The third-order valence-corrected chi connectivity index (χ3v) is 2.74. The van der Waals surface area contributed by atoms with E-state index < -0.39 is 29.6 Å². The molecule has 0 atom stereocenters. The zero-order valence-electron chi connectivity index (χ0n) is 10.4. The van der Waals surface area contributed by atoms with Crippen LogP contribution in [0.5, 0.6) is 0 Å². The van der Waals surface area contributed by atoms with E-state index in [0.717, 1.165) is 11.7 Å². The standard InChI is InChI=1S/C12H10N2O6/c1-20-9(15)5-14-8-4-6(12(18)19)2-3-7(8)13-10(16)11(14)17/h2-4H,5H2,1H3,(H,13,16)(H,18,19). The Kier molecular flexibility index (Phi) is 3.38. The van der Waals surface area contributed by atoms with Crippen LogP contribution < -0.4 is 11.1 Å². The number of carbonyl (C=O) groups excluding carboxylic acids is 1. The molecule has 2 rings (SSSR count). The lowest BCUT2D eigenvalue weighted by atomic mass is 10.2. The number of nitrogens with zero attached hydrogens (tertiary/aromatic N) is 1. The molecule has 0 aliphatic rings. The van der Waals surface area contributed by atoms with Crippen LogP contribution in [-0.4, -0.2) is 33.7 Å². The number of fused-ring (bicyclic) bond motifs is 1.